The Morgan fingerprint density at radius 3 is 2.65 bits per heavy atom. The van der Waals surface area contributed by atoms with E-state index in [1.165, 1.54) is 0 Å². The number of aromatic hydroxyl groups is 1. The molecule has 4 heteroatoms. The zero-order valence-corrected chi connectivity index (χ0v) is 11.3. The molecule has 0 aliphatic carbocycles. The third kappa shape index (κ3) is 4.44. The number of ether oxygens (including phenoxy) is 1. The number of hydrogen-bond acceptors (Lipinski definition) is 3. The van der Waals surface area contributed by atoms with Crippen LogP contribution in [0.25, 0.3) is 0 Å². The summed E-state index contributed by atoms with van der Waals surface area (Å²) in [6, 6.07) is 5.37. The average Bonchev–Trinajstić information content (AvgIpc) is 2.29. The number of para-hydroxylation sites is 1. The van der Waals surface area contributed by atoms with Crippen LogP contribution in [-0.2, 0) is 0 Å². The van der Waals surface area contributed by atoms with Crippen molar-refractivity contribution in [2.45, 2.75) is 39.2 Å². The van der Waals surface area contributed by atoms with Gasteiger partial charge in [0.25, 0.3) is 0 Å². The Morgan fingerprint density at radius 2 is 2.06 bits per heavy atom. The summed E-state index contributed by atoms with van der Waals surface area (Å²) in [5.41, 5.74) is 6.81. The van der Waals surface area contributed by atoms with Gasteiger partial charge in [-0.25, -0.2) is 0 Å². The number of rotatable bonds is 6. The summed E-state index contributed by atoms with van der Waals surface area (Å²) in [6.07, 6.45) is 3.07. The lowest BCUT2D eigenvalue weighted by Crippen LogP contribution is -2.10. The third-order valence-electron chi connectivity index (χ3n) is 2.60. The first kappa shape index (κ1) is 16.1. The molecule has 0 aromatic heterocycles. The van der Waals surface area contributed by atoms with Crippen LogP contribution in [0.1, 0.15) is 44.7 Å². The maximum Gasteiger partial charge on any atom is 0.162 e. The van der Waals surface area contributed by atoms with Gasteiger partial charge in [0.05, 0.1) is 6.61 Å². The van der Waals surface area contributed by atoms with Gasteiger partial charge in [-0.2, -0.15) is 0 Å². The van der Waals surface area contributed by atoms with Gasteiger partial charge in [0.15, 0.2) is 11.5 Å². The maximum atomic E-state index is 9.98. The topological polar surface area (TPSA) is 55.5 Å². The van der Waals surface area contributed by atoms with Crippen LogP contribution in [0.15, 0.2) is 18.2 Å². The molecule has 0 spiro atoms. The van der Waals surface area contributed by atoms with Gasteiger partial charge in [-0.15, -0.1) is 12.4 Å². The predicted octanol–water partition coefficient (Wildman–Crippen LogP) is 3.40. The normalized spacial score (nSPS) is 11.7. The molecule has 0 radical (unpaired) electrons. The van der Waals surface area contributed by atoms with E-state index in [4.69, 9.17) is 10.5 Å². The fourth-order valence-electron chi connectivity index (χ4n) is 1.69. The van der Waals surface area contributed by atoms with Crippen LogP contribution in [0.2, 0.25) is 0 Å². The van der Waals surface area contributed by atoms with Crippen molar-refractivity contribution in [3.8, 4) is 11.5 Å². The molecule has 1 aromatic carbocycles. The summed E-state index contributed by atoms with van der Waals surface area (Å²) < 4.78 is 5.33. The highest BCUT2D eigenvalue weighted by atomic mass is 35.5. The highest BCUT2D eigenvalue weighted by Gasteiger charge is 2.13. The lowest BCUT2D eigenvalue weighted by Gasteiger charge is -2.15. The van der Waals surface area contributed by atoms with Crippen LogP contribution in [0.3, 0.4) is 0 Å². The van der Waals surface area contributed by atoms with Gasteiger partial charge in [0, 0.05) is 11.6 Å². The second kappa shape index (κ2) is 8.20. The highest BCUT2D eigenvalue weighted by molar-refractivity contribution is 5.85. The standard InChI is InChI=1S/C13H21NO2.ClH/c1-3-5-8-11(14)10-7-6-9-12(13(10)15)16-4-2;/h6-7,9,11,15H,3-5,8,14H2,1-2H3;1H/t11-;/m0./s1. The predicted molar refractivity (Wildman–Crippen MR) is 73.0 cm³/mol. The Bertz CT molecular complexity index is 331. The van der Waals surface area contributed by atoms with Crippen LogP contribution in [0.4, 0.5) is 0 Å². The van der Waals surface area contributed by atoms with Crippen molar-refractivity contribution in [2.24, 2.45) is 5.73 Å². The van der Waals surface area contributed by atoms with E-state index >= 15 is 0 Å². The van der Waals surface area contributed by atoms with Gasteiger partial charge in [-0.1, -0.05) is 31.9 Å². The summed E-state index contributed by atoms with van der Waals surface area (Å²) >= 11 is 0. The zero-order valence-electron chi connectivity index (χ0n) is 10.5. The molecule has 3 nitrogen and oxygen atoms in total. The summed E-state index contributed by atoms with van der Waals surface area (Å²) in [7, 11) is 0. The van der Waals surface area contributed by atoms with Crippen molar-refractivity contribution >= 4 is 12.4 Å². The van der Waals surface area contributed by atoms with Crippen molar-refractivity contribution in [1.29, 1.82) is 0 Å². The molecule has 1 atom stereocenters. The van der Waals surface area contributed by atoms with E-state index in [-0.39, 0.29) is 24.2 Å². The SMILES string of the molecule is CCCC[C@H](N)c1cccc(OCC)c1O.Cl. The van der Waals surface area contributed by atoms with Gasteiger partial charge in [-0.05, 0) is 19.4 Å². The Hall–Kier alpha value is -0.930. The Kier molecular flexibility index (Phi) is 7.75. The molecular formula is C13H22ClNO2. The Morgan fingerprint density at radius 1 is 1.35 bits per heavy atom. The van der Waals surface area contributed by atoms with Crippen molar-refractivity contribution in [1.82, 2.24) is 0 Å². The minimum atomic E-state index is -0.111. The van der Waals surface area contributed by atoms with Crippen molar-refractivity contribution in [3.05, 3.63) is 23.8 Å². The zero-order chi connectivity index (χ0) is 12.0. The van der Waals surface area contributed by atoms with Crippen LogP contribution < -0.4 is 10.5 Å². The molecule has 3 N–H and O–H groups in total. The molecule has 17 heavy (non-hydrogen) atoms. The molecule has 1 aromatic rings. The lowest BCUT2D eigenvalue weighted by atomic mass is 10.0. The number of phenols is 1. The van der Waals surface area contributed by atoms with E-state index in [9.17, 15) is 5.11 Å². The third-order valence-corrected chi connectivity index (χ3v) is 2.60. The fraction of sp³-hybridized carbons (Fsp3) is 0.538. The average molecular weight is 260 g/mol. The quantitative estimate of drug-likeness (QED) is 0.823. The largest absolute Gasteiger partial charge is 0.504 e. The molecule has 0 aliphatic heterocycles. The minimum Gasteiger partial charge on any atom is -0.504 e. The summed E-state index contributed by atoms with van der Waals surface area (Å²) in [5.74, 6) is 0.708. The van der Waals surface area contributed by atoms with Gasteiger partial charge < -0.3 is 15.6 Å². The van der Waals surface area contributed by atoms with Gasteiger partial charge >= 0.3 is 0 Å². The molecule has 1 rings (SSSR count). The van der Waals surface area contributed by atoms with Gasteiger partial charge in [0.2, 0.25) is 0 Å². The molecule has 0 heterocycles. The van der Waals surface area contributed by atoms with Crippen molar-refractivity contribution < 1.29 is 9.84 Å². The molecule has 98 valence electrons. The molecular weight excluding hydrogens is 238 g/mol. The summed E-state index contributed by atoms with van der Waals surface area (Å²) in [5, 5.41) is 9.98. The maximum absolute atomic E-state index is 9.98. The monoisotopic (exact) mass is 259 g/mol. The number of benzene rings is 1. The molecule has 0 bridgehead atoms. The van der Waals surface area contributed by atoms with Gasteiger partial charge in [0.1, 0.15) is 0 Å². The van der Waals surface area contributed by atoms with E-state index in [0.717, 1.165) is 24.8 Å². The molecule has 0 saturated heterocycles. The number of unbranched alkanes of at least 4 members (excludes halogenated alkanes) is 1. The first-order valence-electron chi connectivity index (χ1n) is 5.90. The second-order valence-corrected chi connectivity index (χ2v) is 3.88. The molecule has 0 aliphatic rings. The second-order valence-electron chi connectivity index (χ2n) is 3.88. The van der Waals surface area contributed by atoms with E-state index in [2.05, 4.69) is 6.92 Å². The van der Waals surface area contributed by atoms with E-state index in [1.54, 1.807) is 6.07 Å². The van der Waals surface area contributed by atoms with E-state index in [1.807, 2.05) is 19.1 Å². The summed E-state index contributed by atoms with van der Waals surface area (Å²) in [6.45, 7) is 4.56. The molecule has 0 saturated carbocycles. The number of halogens is 1. The number of nitrogens with two attached hydrogens (primary N) is 1. The smallest absolute Gasteiger partial charge is 0.162 e. The highest BCUT2D eigenvalue weighted by Crippen LogP contribution is 2.34. The Labute approximate surface area is 109 Å². The number of phenolic OH excluding ortho intramolecular Hbond substituents is 1. The molecule has 0 unspecified atom stereocenters. The van der Waals surface area contributed by atoms with E-state index < -0.39 is 0 Å². The minimum absolute atomic E-state index is 0. The van der Waals surface area contributed by atoms with E-state index in [0.29, 0.717) is 12.4 Å². The van der Waals surface area contributed by atoms with Crippen LogP contribution >= 0.6 is 12.4 Å². The van der Waals surface area contributed by atoms with Crippen LogP contribution in [0.5, 0.6) is 11.5 Å². The van der Waals surface area contributed by atoms with Crippen LogP contribution in [0, 0.1) is 0 Å². The lowest BCUT2D eigenvalue weighted by molar-refractivity contribution is 0.315. The molecule has 0 fully saturated rings. The fourth-order valence-corrected chi connectivity index (χ4v) is 1.69. The number of hydrogen-bond donors (Lipinski definition) is 2. The van der Waals surface area contributed by atoms with Crippen LogP contribution in [-0.4, -0.2) is 11.7 Å². The first-order valence-corrected chi connectivity index (χ1v) is 5.90. The Balaban J connectivity index is 0.00000256. The first-order chi connectivity index (χ1) is 7.70. The molecule has 0 amide bonds. The summed E-state index contributed by atoms with van der Waals surface area (Å²) in [4.78, 5) is 0. The van der Waals surface area contributed by atoms with Crippen molar-refractivity contribution in [2.75, 3.05) is 6.61 Å². The van der Waals surface area contributed by atoms with Crippen molar-refractivity contribution in [3.63, 3.8) is 0 Å². The van der Waals surface area contributed by atoms with Gasteiger partial charge in [-0.3, -0.25) is 0 Å².